The zero-order valence-electron chi connectivity index (χ0n) is 19.6. The molecule has 2 fully saturated rings. The highest BCUT2D eigenvalue weighted by Crippen LogP contribution is 2.27. The molecule has 2 aliphatic rings. The van der Waals surface area contributed by atoms with Gasteiger partial charge in [0.25, 0.3) is 17.7 Å². The lowest BCUT2D eigenvalue weighted by Gasteiger charge is -2.35. The van der Waals surface area contributed by atoms with Crippen LogP contribution in [-0.2, 0) is 23.9 Å². The summed E-state index contributed by atoms with van der Waals surface area (Å²) in [5.41, 5.74) is 8.29. The fraction of sp³-hybridized carbons (Fsp3) is 0.333. The van der Waals surface area contributed by atoms with Crippen molar-refractivity contribution in [1.29, 1.82) is 5.41 Å². The molecular formula is C24H28ClN5O6. The number of nitrogens with two attached hydrogens (primary N) is 1. The molecule has 1 unspecified atom stereocenters. The van der Waals surface area contributed by atoms with Gasteiger partial charge in [0.15, 0.2) is 12.2 Å². The summed E-state index contributed by atoms with van der Waals surface area (Å²) < 4.78 is 10.6. The Balaban J connectivity index is 0.00000361. The van der Waals surface area contributed by atoms with Crippen LogP contribution in [0.1, 0.15) is 11.1 Å². The molecule has 36 heavy (non-hydrogen) atoms. The summed E-state index contributed by atoms with van der Waals surface area (Å²) in [6.45, 7) is 2.93. The van der Waals surface area contributed by atoms with E-state index in [1.54, 1.807) is 54.3 Å². The Morgan fingerprint density at radius 2 is 1.83 bits per heavy atom. The average molecular weight is 518 g/mol. The molecule has 11 nitrogen and oxygen atoms in total. The van der Waals surface area contributed by atoms with Crippen LogP contribution >= 0.6 is 12.4 Å². The molecule has 2 aromatic rings. The normalized spacial score (nSPS) is 18.9. The number of nitrogen functional groups attached to an aromatic ring is 1. The van der Waals surface area contributed by atoms with Gasteiger partial charge in [0, 0.05) is 35.7 Å². The molecule has 2 heterocycles. The van der Waals surface area contributed by atoms with Gasteiger partial charge in [-0.1, -0.05) is 6.07 Å². The Bertz CT molecular complexity index is 1180. The number of rotatable bonds is 6. The number of nitrogens with one attached hydrogen (secondary N) is 2. The maximum atomic E-state index is 13.2. The highest BCUT2D eigenvalue weighted by Gasteiger charge is 2.39. The lowest BCUT2D eigenvalue weighted by molar-refractivity contribution is -0.150. The number of aryl methyl sites for hydroxylation is 1. The van der Waals surface area contributed by atoms with Crippen molar-refractivity contribution in [3.8, 4) is 0 Å². The third kappa shape index (κ3) is 5.65. The highest BCUT2D eigenvalue weighted by molar-refractivity contribution is 6.04. The number of aliphatic hydroxyl groups is 1. The van der Waals surface area contributed by atoms with Crippen molar-refractivity contribution in [3.05, 3.63) is 53.6 Å². The molecule has 0 bridgehead atoms. The molecule has 3 amide bonds. The third-order valence-corrected chi connectivity index (χ3v) is 5.90. The summed E-state index contributed by atoms with van der Waals surface area (Å²) in [7, 11) is 0. The van der Waals surface area contributed by atoms with Gasteiger partial charge < -0.3 is 35.4 Å². The first-order valence-electron chi connectivity index (χ1n) is 11.1. The SMILES string of the molecule is Cc1cc(NC(=O)C(O)[C@H]2OCCN(c3cccc(N4CCOCC4=O)c3)C2=O)ccc1C(=N)N.Cl. The topological polar surface area (TPSA) is 158 Å². The first-order valence-corrected chi connectivity index (χ1v) is 11.1. The minimum absolute atomic E-state index is 0. The highest BCUT2D eigenvalue weighted by atomic mass is 35.5. The molecule has 2 saturated heterocycles. The standard InChI is InChI=1S/C24H27N5O6.ClH/c1-14-11-15(5-6-18(14)22(25)26)27-23(32)20(31)21-24(33)29(8-10-35-21)17-4-2-3-16(12-17)28-7-9-34-13-19(28)30;/h2-6,11-12,20-21,31H,7-10,13H2,1H3,(H3,25,26)(H,27,32);1H/t20?,21-;/m1./s1. The van der Waals surface area contributed by atoms with E-state index in [-0.39, 0.29) is 43.9 Å². The van der Waals surface area contributed by atoms with Crippen molar-refractivity contribution in [3.63, 3.8) is 0 Å². The Labute approximate surface area is 214 Å². The number of carbonyl (C=O) groups excluding carboxylic acids is 3. The molecule has 0 saturated carbocycles. The Kier molecular flexibility index (Phi) is 8.64. The first-order chi connectivity index (χ1) is 16.8. The third-order valence-electron chi connectivity index (χ3n) is 5.90. The second-order valence-electron chi connectivity index (χ2n) is 8.28. The van der Waals surface area contributed by atoms with Crippen LogP contribution in [0.15, 0.2) is 42.5 Å². The fourth-order valence-electron chi connectivity index (χ4n) is 4.11. The maximum absolute atomic E-state index is 13.2. The lowest BCUT2D eigenvalue weighted by Crippen LogP contribution is -2.55. The van der Waals surface area contributed by atoms with Gasteiger partial charge >= 0.3 is 0 Å². The molecule has 4 rings (SSSR count). The van der Waals surface area contributed by atoms with Crippen molar-refractivity contribution in [2.24, 2.45) is 5.73 Å². The van der Waals surface area contributed by atoms with E-state index in [1.165, 1.54) is 4.90 Å². The number of halogens is 1. The molecule has 5 N–H and O–H groups in total. The second-order valence-corrected chi connectivity index (χ2v) is 8.28. The summed E-state index contributed by atoms with van der Waals surface area (Å²) in [5.74, 6) is -1.62. The summed E-state index contributed by atoms with van der Waals surface area (Å²) in [4.78, 5) is 41.1. The summed E-state index contributed by atoms with van der Waals surface area (Å²) in [6, 6.07) is 11.7. The van der Waals surface area contributed by atoms with E-state index in [4.69, 9.17) is 20.6 Å². The fourth-order valence-corrected chi connectivity index (χ4v) is 4.11. The van der Waals surface area contributed by atoms with Crippen molar-refractivity contribution in [2.45, 2.75) is 19.1 Å². The number of aliphatic hydroxyl groups excluding tert-OH is 1. The summed E-state index contributed by atoms with van der Waals surface area (Å²) >= 11 is 0. The van der Waals surface area contributed by atoms with Gasteiger partial charge in [-0.15, -0.1) is 12.4 Å². The van der Waals surface area contributed by atoms with Crippen LogP contribution in [0, 0.1) is 12.3 Å². The number of benzene rings is 2. The monoisotopic (exact) mass is 517 g/mol. The van der Waals surface area contributed by atoms with Gasteiger partial charge in [-0.25, -0.2) is 0 Å². The maximum Gasteiger partial charge on any atom is 0.259 e. The van der Waals surface area contributed by atoms with E-state index in [9.17, 15) is 19.5 Å². The molecule has 0 aromatic heterocycles. The predicted molar refractivity (Wildman–Crippen MR) is 136 cm³/mol. The molecule has 0 aliphatic carbocycles. The number of morpholine rings is 2. The predicted octanol–water partition coefficient (Wildman–Crippen LogP) is 0.795. The first kappa shape index (κ1) is 27.1. The molecule has 2 atom stereocenters. The van der Waals surface area contributed by atoms with Crippen molar-refractivity contribution < 1.29 is 29.0 Å². The van der Waals surface area contributed by atoms with Crippen LogP contribution in [0.3, 0.4) is 0 Å². The number of anilines is 3. The molecule has 192 valence electrons. The Morgan fingerprint density at radius 1 is 1.14 bits per heavy atom. The molecule has 2 aliphatic heterocycles. The second kappa shape index (κ2) is 11.5. The van der Waals surface area contributed by atoms with Gasteiger partial charge in [0.05, 0.1) is 13.2 Å². The lowest BCUT2D eigenvalue weighted by atomic mass is 10.1. The number of hydrogen-bond donors (Lipinski definition) is 4. The van der Waals surface area contributed by atoms with E-state index < -0.39 is 24.0 Å². The number of amidine groups is 1. The zero-order chi connectivity index (χ0) is 25.1. The summed E-state index contributed by atoms with van der Waals surface area (Å²) in [6.07, 6.45) is -3.14. The van der Waals surface area contributed by atoms with Crippen molar-refractivity contribution in [2.75, 3.05) is 48.0 Å². The minimum Gasteiger partial charge on any atom is -0.384 e. The van der Waals surface area contributed by atoms with Crippen LogP contribution in [0.4, 0.5) is 17.1 Å². The van der Waals surface area contributed by atoms with Gasteiger partial charge in [0.1, 0.15) is 12.4 Å². The number of amides is 3. The largest absolute Gasteiger partial charge is 0.384 e. The molecule has 0 spiro atoms. The number of hydrogen-bond acceptors (Lipinski definition) is 7. The van der Waals surface area contributed by atoms with Crippen LogP contribution in [0.2, 0.25) is 0 Å². The van der Waals surface area contributed by atoms with Gasteiger partial charge in [-0.3, -0.25) is 19.8 Å². The molecule has 12 heteroatoms. The van der Waals surface area contributed by atoms with Gasteiger partial charge in [-0.05, 0) is 48.9 Å². The van der Waals surface area contributed by atoms with E-state index in [1.807, 2.05) is 0 Å². The van der Waals surface area contributed by atoms with E-state index in [0.29, 0.717) is 41.3 Å². The zero-order valence-corrected chi connectivity index (χ0v) is 20.4. The average Bonchev–Trinajstić information content (AvgIpc) is 2.84. The molecule has 2 aromatic carbocycles. The summed E-state index contributed by atoms with van der Waals surface area (Å²) in [5, 5.41) is 20.8. The van der Waals surface area contributed by atoms with Crippen LogP contribution in [0.25, 0.3) is 0 Å². The van der Waals surface area contributed by atoms with E-state index in [0.717, 1.165) is 0 Å². The Morgan fingerprint density at radius 3 is 2.50 bits per heavy atom. The van der Waals surface area contributed by atoms with Gasteiger partial charge in [-0.2, -0.15) is 0 Å². The minimum atomic E-state index is -1.75. The van der Waals surface area contributed by atoms with Crippen LogP contribution in [0.5, 0.6) is 0 Å². The van der Waals surface area contributed by atoms with Crippen LogP contribution in [-0.4, -0.2) is 73.8 Å². The molecule has 0 radical (unpaired) electrons. The molecular weight excluding hydrogens is 490 g/mol. The smallest absolute Gasteiger partial charge is 0.259 e. The van der Waals surface area contributed by atoms with Crippen LogP contribution < -0.4 is 20.9 Å². The number of nitrogens with zero attached hydrogens (tertiary/aromatic N) is 2. The van der Waals surface area contributed by atoms with E-state index >= 15 is 0 Å². The van der Waals surface area contributed by atoms with Crippen molar-refractivity contribution >= 4 is 53.0 Å². The quantitative estimate of drug-likeness (QED) is 0.326. The van der Waals surface area contributed by atoms with Gasteiger partial charge in [0.2, 0.25) is 0 Å². The Hall–Kier alpha value is -3.51. The number of ether oxygens (including phenoxy) is 2. The van der Waals surface area contributed by atoms with Crippen molar-refractivity contribution in [1.82, 2.24) is 0 Å². The number of carbonyl (C=O) groups is 3. The van der Waals surface area contributed by atoms with E-state index in [2.05, 4.69) is 5.32 Å².